The van der Waals surface area contributed by atoms with Gasteiger partial charge in [0.05, 0.1) is 11.6 Å². The van der Waals surface area contributed by atoms with Crippen LogP contribution in [0, 0.1) is 27.7 Å². The van der Waals surface area contributed by atoms with Gasteiger partial charge in [-0.2, -0.15) is 0 Å². The monoisotopic (exact) mass is 486 g/mol. The van der Waals surface area contributed by atoms with Crippen LogP contribution in [0.4, 0.5) is 0 Å². The Morgan fingerprint density at radius 3 is 1.73 bits per heavy atom. The zero-order chi connectivity index (χ0) is 21.6. The van der Waals surface area contributed by atoms with E-state index in [1.165, 1.54) is 0 Å². The number of aryl methyl sites for hydroxylation is 4. The van der Waals surface area contributed by atoms with Gasteiger partial charge in [0.25, 0.3) is 0 Å². The number of ether oxygens (including phenoxy) is 3. The molecular formula is C24H24BrO4P. The van der Waals surface area contributed by atoms with Crippen molar-refractivity contribution in [3.63, 3.8) is 0 Å². The first-order chi connectivity index (χ1) is 14.2. The topological polar surface area (TPSA) is 44.8 Å². The van der Waals surface area contributed by atoms with Crippen LogP contribution in [0.25, 0.3) is 0 Å². The maximum absolute atomic E-state index is 15.1. The van der Waals surface area contributed by atoms with Crippen molar-refractivity contribution in [2.24, 2.45) is 0 Å². The Morgan fingerprint density at radius 1 is 0.800 bits per heavy atom. The second-order valence-corrected chi connectivity index (χ2v) is 11.3. The Hall–Kier alpha value is -2.23. The molecule has 3 aromatic carbocycles. The largest absolute Gasteiger partial charge is 0.493 e. The van der Waals surface area contributed by atoms with Crippen molar-refractivity contribution in [1.29, 1.82) is 0 Å². The molecule has 4 rings (SSSR count). The average molecular weight is 487 g/mol. The summed E-state index contributed by atoms with van der Waals surface area (Å²) in [5.41, 5.74) is 4.27. The lowest BCUT2D eigenvalue weighted by Gasteiger charge is -2.24. The molecule has 0 spiro atoms. The molecule has 0 amide bonds. The van der Waals surface area contributed by atoms with Gasteiger partial charge in [-0.15, -0.1) is 0 Å². The Morgan fingerprint density at radius 2 is 1.27 bits per heavy atom. The number of methoxy groups -OCH3 is 1. The lowest BCUT2D eigenvalue weighted by Crippen LogP contribution is -2.27. The van der Waals surface area contributed by atoms with Gasteiger partial charge in [0.1, 0.15) is 0 Å². The normalized spacial score (nSPS) is 12.9. The molecule has 0 fully saturated rings. The first-order valence-corrected chi connectivity index (χ1v) is 12.2. The number of rotatable bonds is 4. The second-order valence-electron chi connectivity index (χ2n) is 7.78. The van der Waals surface area contributed by atoms with Crippen LogP contribution in [0.15, 0.2) is 46.9 Å². The van der Waals surface area contributed by atoms with Crippen LogP contribution in [0.1, 0.15) is 22.3 Å². The molecule has 0 N–H and O–H groups in total. The molecule has 0 saturated carbocycles. The van der Waals surface area contributed by atoms with E-state index >= 15 is 4.57 Å². The van der Waals surface area contributed by atoms with Crippen molar-refractivity contribution in [1.82, 2.24) is 0 Å². The molecule has 1 aliphatic heterocycles. The molecule has 0 aromatic heterocycles. The van der Waals surface area contributed by atoms with E-state index in [1.807, 2.05) is 58.0 Å². The average Bonchev–Trinajstić information content (AvgIpc) is 3.17. The summed E-state index contributed by atoms with van der Waals surface area (Å²) in [6, 6.07) is 14.0. The number of halogens is 1. The van der Waals surface area contributed by atoms with Crippen molar-refractivity contribution in [3.8, 4) is 17.2 Å². The third kappa shape index (κ3) is 3.44. The van der Waals surface area contributed by atoms with Crippen LogP contribution in [0.3, 0.4) is 0 Å². The van der Waals surface area contributed by atoms with Crippen molar-refractivity contribution >= 4 is 39.0 Å². The highest BCUT2D eigenvalue weighted by molar-refractivity contribution is 9.10. The Labute approximate surface area is 185 Å². The zero-order valence-corrected chi connectivity index (χ0v) is 20.2. The van der Waals surface area contributed by atoms with E-state index in [9.17, 15) is 0 Å². The van der Waals surface area contributed by atoms with Crippen molar-refractivity contribution in [3.05, 3.63) is 69.2 Å². The zero-order valence-electron chi connectivity index (χ0n) is 17.7. The van der Waals surface area contributed by atoms with Crippen molar-refractivity contribution in [2.75, 3.05) is 13.9 Å². The number of benzene rings is 3. The Balaban J connectivity index is 2.11. The van der Waals surface area contributed by atoms with Gasteiger partial charge in [-0.3, -0.25) is 0 Å². The Bertz CT molecular complexity index is 1110. The minimum atomic E-state index is -3.26. The van der Waals surface area contributed by atoms with Crippen LogP contribution < -0.4 is 30.1 Å². The summed E-state index contributed by atoms with van der Waals surface area (Å²) in [6.07, 6.45) is 0. The molecule has 4 nitrogen and oxygen atoms in total. The lowest BCUT2D eigenvalue weighted by molar-refractivity contribution is 0.170. The molecule has 0 radical (unpaired) electrons. The van der Waals surface area contributed by atoms with E-state index in [0.29, 0.717) is 27.0 Å². The highest BCUT2D eigenvalue weighted by Gasteiger charge is 2.37. The SMILES string of the molecule is COc1cc(P(=O)(c2cc(C)cc(C)c2)c2cc(C)cc(C)c2)c(Br)c2c1OCO2. The third-order valence-electron chi connectivity index (χ3n) is 5.23. The van der Waals surface area contributed by atoms with Crippen LogP contribution in [0.2, 0.25) is 0 Å². The van der Waals surface area contributed by atoms with Gasteiger partial charge in [-0.05, 0) is 74.0 Å². The van der Waals surface area contributed by atoms with E-state index in [-0.39, 0.29) is 6.79 Å². The van der Waals surface area contributed by atoms with Gasteiger partial charge in [-0.1, -0.05) is 34.4 Å². The van der Waals surface area contributed by atoms with Gasteiger partial charge in [0.2, 0.25) is 12.5 Å². The van der Waals surface area contributed by atoms with Crippen molar-refractivity contribution < 1.29 is 18.8 Å². The molecular weight excluding hydrogens is 463 g/mol. The number of hydrogen-bond acceptors (Lipinski definition) is 4. The summed E-state index contributed by atoms with van der Waals surface area (Å²) in [4.78, 5) is 0. The highest BCUT2D eigenvalue weighted by Crippen LogP contribution is 2.53. The van der Waals surface area contributed by atoms with Crippen molar-refractivity contribution in [2.45, 2.75) is 27.7 Å². The third-order valence-corrected chi connectivity index (χ3v) is 9.32. The first kappa shape index (κ1) is 21.0. The fourth-order valence-electron chi connectivity index (χ4n) is 4.07. The highest BCUT2D eigenvalue weighted by atomic mass is 79.9. The summed E-state index contributed by atoms with van der Waals surface area (Å²) in [7, 11) is -1.68. The van der Waals surface area contributed by atoms with E-state index < -0.39 is 7.14 Å². The van der Waals surface area contributed by atoms with E-state index in [2.05, 4.69) is 28.1 Å². The van der Waals surface area contributed by atoms with Gasteiger partial charge >= 0.3 is 0 Å². The molecule has 0 unspecified atom stereocenters. The summed E-state index contributed by atoms with van der Waals surface area (Å²) >= 11 is 3.67. The van der Waals surface area contributed by atoms with Gasteiger partial charge in [0.15, 0.2) is 18.6 Å². The molecule has 6 heteroatoms. The van der Waals surface area contributed by atoms with Crippen LogP contribution >= 0.6 is 23.1 Å². The minimum Gasteiger partial charge on any atom is -0.493 e. The number of hydrogen-bond donors (Lipinski definition) is 0. The molecule has 1 heterocycles. The molecule has 0 saturated heterocycles. The molecule has 0 atom stereocenters. The standard InChI is InChI=1S/C24H24BrO4P/c1-14-6-15(2)9-18(8-14)30(26,19-10-16(3)7-17(4)11-19)21-12-20(27-5)23-24(22(21)25)29-13-28-23/h6-12H,13H2,1-5H3. The van der Waals surface area contributed by atoms with E-state index in [1.54, 1.807) is 7.11 Å². The van der Waals surface area contributed by atoms with Gasteiger partial charge in [-0.25, -0.2) is 0 Å². The summed E-state index contributed by atoms with van der Waals surface area (Å²) in [5.74, 6) is 1.56. The van der Waals surface area contributed by atoms with Gasteiger partial charge in [0, 0.05) is 15.9 Å². The summed E-state index contributed by atoms with van der Waals surface area (Å²) in [5, 5.41) is 2.21. The van der Waals surface area contributed by atoms with Crippen LogP contribution in [0.5, 0.6) is 17.2 Å². The fourth-order valence-corrected chi connectivity index (χ4v) is 8.30. The minimum absolute atomic E-state index is 0.102. The molecule has 30 heavy (non-hydrogen) atoms. The van der Waals surface area contributed by atoms with Crippen LogP contribution in [-0.2, 0) is 4.57 Å². The summed E-state index contributed by atoms with van der Waals surface area (Å²) < 4.78 is 32.6. The predicted molar refractivity (Wildman–Crippen MR) is 125 cm³/mol. The molecule has 3 aromatic rings. The smallest absolute Gasteiger partial charge is 0.231 e. The van der Waals surface area contributed by atoms with E-state index in [0.717, 1.165) is 32.9 Å². The van der Waals surface area contributed by atoms with E-state index in [4.69, 9.17) is 14.2 Å². The Kier molecular flexibility index (Phi) is 5.46. The maximum atomic E-state index is 15.1. The number of fused-ring (bicyclic) bond motifs is 1. The molecule has 0 bridgehead atoms. The molecule has 0 aliphatic carbocycles. The maximum Gasteiger partial charge on any atom is 0.231 e. The molecule has 1 aliphatic rings. The molecule has 156 valence electrons. The lowest BCUT2D eigenvalue weighted by atomic mass is 10.2. The van der Waals surface area contributed by atoms with Gasteiger partial charge < -0.3 is 18.8 Å². The second kappa shape index (κ2) is 7.79. The quantitative estimate of drug-likeness (QED) is 0.483. The first-order valence-electron chi connectivity index (χ1n) is 9.68. The summed E-state index contributed by atoms with van der Waals surface area (Å²) in [6.45, 7) is 8.20. The fraction of sp³-hybridized carbons (Fsp3) is 0.250. The van der Waals surface area contributed by atoms with Crippen LogP contribution in [-0.4, -0.2) is 13.9 Å². The predicted octanol–water partition coefficient (Wildman–Crippen LogP) is 5.06.